The number of aryl methyl sites for hydroxylation is 3. The Bertz CT molecular complexity index is 1020. The SMILES string of the molecule is Cc1cc(C)c(-c2cc(CC(C)(C)C)c(CC(C)C)c[n+]2C)cc1-c1ccccc1. The van der Waals surface area contributed by atoms with Crippen LogP contribution in [0.15, 0.2) is 54.7 Å². The molecule has 3 aromatic rings. The van der Waals surface area contributed by atoms with Crippen molar-refractivity contribution < 1.29 is 4.57 Å². The van der Waals surface area contributed by atoms with Crippen LogP contribution in [0.5, 0.6) is 0 Å². The second kappa shape index (κ2) is 8.76. The van der Waals surface area contributed by atoms with E-state index in [1.165, 1.54) is 44.6 Å². The van der Waals surface area contributed by atoms with E-state index in [1.54, 1.807) is 0 Å². The molecule has 0 unspecified atom stereocenters. The zero-order valence-corrected chi connectivity index (χ0v) is 20.1. The Kier molecular flexibility index (Phi) is 6.50. The Morgan fingerprint density at radius 1 is 0.833 bits per heavy atom. The van der Waals surface area contributed by atoms with Crippen LogP contribution in [0.1, 0.15) is 56.9 Å². The normalized spacial score (nSPS) is 11.9. The third-order valence-electron chi connectivity index (χ3n) is 5.73. The molecule has 1 heterocycles. The summed E-state index contributed by atoms with van der Waals surface area (Å²) in [4.78, 5) is 0. The summed E-state index contributed by atoms with van der Waals surface area (Å²) in [6.45, 7) is 16.1. The molecule has 0 aliphatic heterocycles. The van der Waals surface area contributed by atoms with Gasteiger partial charge in [0.25, 0.3) is 0 Å². The number of nitrogens with zero attached hydrogens (tertiary/aromatic N) is 1. The lowest BCUT2D eigenvalue weighted by Crippen LogP contribution is -2.33. The Balaban J connectivity index is 2.18. The van der Waals surface area contributed by atoms with Crippen LogP contribution < -0.4 is 4.57 Å². The highest BCUT2D eigenvalue weighted by Gasteiger charge is 2.22. The van der Waals surface area contributed by atoms with E-state index in [2.05, 4.69) is 115 Å². The van der Waals surface area contributed by atoms with Crippen LogP contribution in [-0.4, -0.2) is 0 Å². The van der Waals surface area contributed by atoms with Crippen LogP contribution in [0.3, 0.4) is 0 Å². The lowest BCUT2D eigenvalue weighted by Gasteiger charge is -2.21. The lowest BCUT2D eigenvalue weighted by molar-refractivity contribution is -0.660. The predicted octanol–water partition coefficient (Wildman–Crippen LogP) is 7.25. The molecule has 0 fully saturated rings. The maximum absolute atomic E-state index is 2.45. The van der Waals surface area contributed by atoms with Crippen LogP contribution in [0, 0.1) is 25.2 Å². The second-order valence-electron chi connectivity index (χ2n) is 10.5. The van der Waals surface area contributed by atoms with Crippen LogP contribution in [0.2, 0.25) is 0 Å². The summed E-state index contributed by atoms with van der Waals surface area (Å²) >= 11 is 0. The van der Waals surface area contributed by atoms with Gasteiger partial charge in [-0.25, -0.2) is 4.57 Å². The lowest BCUT2D eigenvalue weighted by atomic mass is 9.84. The van der Waals surface area contributed by atoms with E-state index in [0.29, 0.717) is 5.92 Å². The summed E-state index contributed by atoms with van der Waals surface area (Å²) in [5.41, 5.74) is 11.1. The average Bonchev–Trinajstić information content (AvgIpc) is 2.63. The van der Waals surface area contributed by atoms with Crippen molar-refractivity contribution in [2.24, 2.45) is 18.4 Å². The molecule has 0 atom stereocenters. The van der Waals surface area contributed by atoms with Crippen molar-refractivity contribution in [2.75, 3.05) is 0 Å². The molecule has 3 rings (SSSR count). The highest BCUT2D eigenvalue weighted by Crippen LogP contribution is 2.33. The van der Waals surface area contributed by atoms with E-state index >= 15 is 0 Å². The summed E-state index contributed by atoms with van der Waals surface area (Å²) in [7, 11) is 2.20. The number of aromatic nitrogens is 1. The zero-order chi connectivity index (χ0) is 22.1. The van der Waals surface area contributed by atoms with Gasteiger partial charge in [0.1, 0.15) is 7.05 Å². The molecule has 1 aromatic heterocycles. The number of benzene rings is 2. The van der Waals surface area contributed by atoms with Gasteiger partial charge >= 0.3 is 0 Å². The quantitative estimate of drug-likeness (QED) is 0.397. The molecule has 2 aromatic carbocycles. The molecule has 0 aliphatic carbocycles. The molecule has 1 heteroatoms. The summed E-state index contributed by atoms with van der Waals surface area (Å²) in [6, 6.07) is 17.9. The van der Waals surface area contributed by atoms with E-state index in [1.807, 2.05) is 0 Å². The number of hydrogen-bond donors (Lipinski definition) is 0. The van der Waals surface area contributed by atoms with E-state index in [0.717, 1.165) is 12.8 Å². The van der Waals surface area contributed by atoms with E-state index in [9.17, 15) is 0 Å². The Morgan fingerprint density at radius 2 is 1.47 bits per heavy atom. The van der Waals surface area contributed by atoms with Crippen LogP contribution in [0.4, 0.5) is 0 Å². The number of hydrogen-bond acceptors (Lipinski definition) is 0. The maximum atomic E-state index is 2.45. The molecule has 1 nitrogen and oxygen atoms in total. The fourth-order valence-corrected chi connectivity index (χ4v) is 4.43. The fraction of sp³-hybridized carbons (Fsp3) is 0.414. The summed E-state index contributed by atoms with van der Waals surface area (Å²) in [6.07, 6.45) is 4.60. The van der Waals surface area contributed by atoms with Crippen LogP contribution in [-0.2, 0) is 19.9 Å². The minimum atomic E-state index is 0.264. The van der Waals surface area contributed by atoms with Crippen molar-refractivity contribution in [3.63, 3.8) is 0 Å². The van der Waals surface area contributed by atoms with Crippen LogP contribution >= 0.6 is 0 Å². The third kappa shape index (κ3) is 5.19. The van der Waals surface area contributed by atoms with Gasteiger partial charge in [0.15, 0.2) is 6.20 Å². The highest BCUT2D eigenvalue weighted by atomic mass is 14.9. The highest BCUT2D eigenvalue weighted by molar-refractivity contribution is 5.75. The molecule has 30 heavy (non-hydrogen) atoms. The van der Waals surface area contributed by atoms with Gasteiger partial charge in [0.05, 0.1) is 0 Å². The van der Waals surface area contributed by atoms with Gasteiger partial charge in [0, 0.05) is 17.2 Å². The van der Waals surface area contributed by atoms with E-state index in [-0.39, 0.29) is 5.41 Å². The molecule has 0 radical (unpaired) electrons. The summed E-state index contributed by atoms with van der Waals surface area (Å²) < 4.78 is 2.33. The Hall–Kier alpha value is -2.41. The molecule has 0 saturated heterocycles. The van der Waals surface area contributed by atoms with Crippen LogP contribution in [0.25, 0.3) is 22.4 Å². The van der Waals surface area contributed by atoms with Crippen molar-refractivity contribution in [1.82, 2.24) is 0 Å². The van der Waals surface area contributed by atoms with Gasteiger partial charge < -0.3 is 0 Å². The van der Waals surface area contributed by atoms with E-state index < -0.39 is 0 Å². The number of pyridine rings is 1. The molecule has 0 aliphatic rings. The first-order valence-electron chi connectivity index (χ1n) is 11.2. The molecular weight excluding hydrogens is 362 g/mol. The first kappa shape index (κ1) is 22.3. The molecule has 0 N–H and O–H groups in total. The molecule has 0 amide bonds. The van der Waals surface area contributed by atoms with Crippen molar-refractivity contribution in [3.05, 3.63) is 77.0 Å². The molecule has 0 spiro atoms. The molecular formula is C29H38N+. The van der Waals surface area contributed by atoms with Gasteiger partial charge in [-0.3, -0.25) is 0 Å². The monoisotopic (exact) mass is 400 g/mol. The van der Waals surface area contributed by atoms with Crippen molar-refractivity contribution >= 4 is 0 Å². The van der Waals surface area contributed by atoms with Gasteiger partial charge in [-0.05, 0) is 71.9 Å². The van der Waals surface area contributed by atoms with E-state index in [4.69, 9.17) is 0 Å². The number of rotatable bonds is 5. The van der Waals surface area contributed by atoms with Gasteiger partial charge in [-0.1, -0.05) is 71.0 Å². The minimum absolute atomic E-state index is 0.264. The third-order valence-corrected chi connectivity index (χ3v) is 5.73. The standard InChI is InChI=1S/C29H38N/c1-20(2)14-25-19-30(8)28(16-24(25)18-29(5,6)7)27-17-26(21(3)15-22(27)4)23-12-10-9-11-13-23/h9-13,15-17,19-20H,14,18H2,1-8H3/q+1. The van der Waals surface area contributed by atoms with Crippen molar-refractivity contribution in [3.8, 4) is 22.4 Å². The summed E-state index contributed by atoms with van der Waals surface area (Å²) in [5, 5.41) is 0. The molecule has 158 valence electrons. The first-order valence-corrected chi connectivity index (χ1v) is 11.2. The maximum Gasteiger partial charge on any atom is 0.212 e. The van der Waals surface area contributed by atoms with Gasteiger partial charge in [-0.2, -0.15) is 0 Å². The second-order valence-corrected chi connectivity index (χ2v) is 10.5. The average molecular weight is 401 g/mol. The van der Waals surface area contributed by atoms with Gasteiger partial charge in [0.2, 0.25) is 5.69 Å². The first-order chi connectivity index (χ1) is 14.0. The topological polar surface area (TPSA) is 3.88 Å². The Morgan fingerprint density at radius 3 is 2.07 bits per heavy atom. The molecule has 0 bridgehead atoms. The predicted molar refractivity (Wildman–Crippen MR) is 130 cm³/mol. The minimum Gasteiger partial charge on any atom is -0.201 e. The fourth-order valence-electron chi connectivity index (χ4n) is 4.43. The molecule has 0 saturated carbocycles. The summed E-state index contributed by atoms with van der Waals surface area (Å²) in [5.74, 6) is 0.653. The van der Waals surface area contributed by atoms with Crippen molar-refractivity contribution in [2.45, 2.75) is 61.3 Å². The zero-order valence-electron chi connectivity index (χ0n) is 20.1. The Labute approximate surface area is 183 Å². The largest absolute Gasteiger partial charge is 0.212 e. The van der Waals surface area contributed by atoms with Crippen molar-refractivity contribution in [1.29, 1.82) is 0 Å². The smallest absolute Gasteiger partial charge is 0.201 e. The van der Waals surface area contributed by atoms with Gasteiger partial charge in [-0.15, -0.1) is 0 Å².